The first-order valence-electron chi connectivity index (χ1n) is 12.4. The Morgan fingerprint density at radius 3 is 2.19 bits per heavy atom. The van der Waals surface area contributed by atoms with Crippen LogP contribution in [0.15, 0.2) is 42.6 Å². The minimum absolute atomic E-state index is 0.0876. The smallest absolute Gasteiger partial charge is 0.347 e. The minimum Gasteiger partial charge on any atom is -0.347 e. The van der Waals surface area contributed by atoms with Gasteiger partial charge in [-0.2, -0.15) is 13.2 Å². The van der Waals surface area contributed by atoms with Crippen LogP contribution < -0.4 is 4.90 Å². The van der Waals surface area contributed by atoms with E-state index in [0.29, 0.717) is 30.6 Å². The van der Waals surface area contributed by atoms with Crippen LogP contribution in [0.1, 0.15) is 42.5 Å². The SMILES string of the molecule is Cc1cc(C(F)(F)F)ncc1N1CC2(CCC(c3ccccc3)(N(C)C)CC2)N(CC(=O)N(C)C)C1=O. The fourth-order valence-corrected chi connectivity index (χ4v) is 5.78. The van der Waals surface area contributed by atoms with Gasteiger partial charge in [0, 0.05) is 19.6 Å². The zero-order chi connectivity index (χ0) is 27.2. The maximum absolute atomic E-state index is 13.8. The van der Waals surface area contributed by atoms with Crippen LogP contribution in [0.3, 0.4) is 0 Å². The molecule has 10 heteroatoms. The van der Waals surface area contributed by atoms with E-state index in [1.54, 1.807) is 25.9 Å². The number of carbonyl (C=O) groups is 2. The fraction of sp³-hybridized carbons (Fsp3) is 0.519. The number of halogens is 3. The summed E-state index contributed by atoms with van der Waals surface area (Å²) in [6.07, 6.45) is -0.617. The number of rotatable bonds is 5. The summed E-state index contributed by atoms with van der Waals surface area (Å²) < 4.78 is 39.6. The zero-order valence-corrected chi connectivity index (χ0v) is 22.0. The maximum atomic E-state index is 13.8. The van der Waals surface area contributed by atoms with Crippen LogP contribution in [0.4, 0.5) is 23.7 Å². The largest absolute Gasteiger partial charge is 0.433 e. The Morgan fingerprint density at radius 2 is 1.68 bits per heavy atom. The Balaban J connectivity index is 1.69. The molecule has 1 aromatic carbocycles. The molecular formula is C27H34F3N5O2. The lowest BCUT2D eigenvalue weighted by atomic mass is 9.68. The Kier molecular flexibility index (Phi) is 7.00. The second-order valence-corrected chi connectivity index (χ2v) is 10.6. The molecule has 37 heavy (non-hydrogen) atoms. The Labute approximate surface area is 215 Å². The molecule has 0 N–H and O–H groups in total. The number of alkyl halides is 3. The molecule has 1 spiro atoms. The highest BCUT2D eigenvalue weighted by atomic mass is 19.4. The van der Waals surface area contributed by atoms with E-state index in [4.69, 9.17) is 0 Å². The number of amides is 3. The van der Waals surface area contributed by atoms with Crippen LogP contribution in [-0.2, 0) is 16.5 Å². The van der Waals surface area contributed by atoms with E-state index in [0.717, 1.165) is 25.1 Å². The van der Waals surface area contributed by atoms with Crippen molar-refractivity contribution < 1.29 is 22.8 Å². The van der Waals surface area contributed by atoms with Crippen LogP contribution >= 0.6 is 0 Å². The van der Waals surface area contributed by atoms with Gasteiger partial charge in [0.25, 0.3) is 0 Å². The molecule has 3 amide bonds. The molecule has 0 unspecified atom stereocenters. The maximum Gasteiger partial charge on any atom is 0.433 e. The molecule has 1 aromatic heterocycles. The number of benzene rings is 1. The molecule has 4 rings (SSSR count). The van der Waals surface area contributed by atoms with Gasteiger partial charge >= 0.3 is 12.2 Å². The first-order valence-corrected chi connectivity index (χ1v) is 12.4. The lowest BCUT2D eigenvalue weighted by Gasteiger charge is -2.51. The quantitative estimate of drug-likeness (QED) is 0.586. The van der Waals surface area contributed by atoms with Crippen molar-refractivity contribution in [3.63, 3.8) is 0 Å². The predicted octanol–water partition coefficient (Wildman–Crippen LogP) is 4.51. The van der Waals surface area contributed by atoms with E-state index >= 15 is 0 Å². The summed E-state index contributed by atoms with van der Waals surface area (Å²) in [6, 6.07) is 10.9. The van der Waals surface area contributed by atoms with Gasteiger partial charge in [-0.15, -0.1) is 0 Å². The van der Waals surface area contributed by atoms with E-state index in [1.807, 2.05) is 18.2 Å². The van der Waals surface area contributed by atoms with E-state index in [-0.39, 0.29) is 24.0 Å². The third-order valence-electron chi connectivity index (χ3n) is 8.12. The van der Waals surface area contributed by atoms with Gasteiger partial charge in [0.1, 0.15) is 12.2 Å². The van der Waals surface area contributed by atoms with Crippen molar-refractivity contribution in [2.75, 3.05) is 46.2 Å². The molecule has 1 saturated carbocycles. The first kappa shape index (κ1) is 26.9. The van der Waals surface area contributed by atoms with Crippen molar-refractivity contribution in [2.45, 2.75) is 49.9 Å². The summed E-state index contributed by atoms with van der Waals surface area (Å²) in [7, 11) is 7.40. The van der Waals surface area contributed by atoms with Crippen LogP contribution in [0.5, 0.6) is 0 Å². The monoisotopic (exact) mass is 517 g/mol. The lowest BCUT2D eigenvalue weighted by Crippen LogP contribution is -2.57. The Bertz CT molecular complexity index is 1160. The zero-order valence-electron chi connectivity index (χ0n) is 22.0. The summed E-state index contributed by atoms with van der Waals surface area (Å²) in [6.45, 7) is 1.75. The molecule has 0 bridgehead atoms. The second-order valence-electron chi connectivity index (χ2n) is 10.6. The number of hydrogen-bond donors (Lipinski definition) is 0. The van der Waals surface area contributed by atoms with Crippen molar-refractivity contribution >= 4 is 17.6 Å². The summed E-state index contributed by atoms with van der Waals surface area (Å²) in [5.41, 5.74) is 0.0258. The van der Waals surface area contributed by atoms with Gasteiger partial charge in [-0.05, 0) is 63.9 Å². The van der Waals surface area contributed by atoms with Gasteiger partial charge < -0.3 is 9.80 Å². The highest BCUT2D eigenvalue weighted by Gasteiger charge is 2.55. The van der Waals surface area contributed by atoms with Crippen LogP contribution in [0, 0.1) is 6.92 Å². The molecule has 0 radical (unpaired) electrons. The highest BCUT2D eigenvalue weighted by molar-refractivity contribution is 5.98. The molecule has 2 heterocycles. The predicted molar refractivity (Wildman–Crippen MR) is 135 cm³/mol. The van der Waals surface area contributed by atoms with E-state index in [9.17, 15) is 22.8 Å². The molecule has 2 aliphatic rings. The molecular weight excluding hydrogens is 483 g/mol. The molecule has 2 aromatic rings. The minimum atomic E-state index is -4.57. The number of pyridine rings is 1. The van der Waals surface area contributed by atoms with Crippen molar-refractivity contribution in [3.05, 3.63) is 59.4 Å². The summed E-state index contributed by atoms with van der Waals surface area (Å²) in [4.78, 5) is 36.9. The van der Waals surface area contributed by atoms with Crippen LogP contribution in [0.25, 0.3) is 0 Å². The molecule has 1 saturated heterocycles. The topological polar surface area (TPSA) is 60.0 Å². The lowest BCUT2D eigenvalue weighted by molar-refractivity contribution is -0.141. The molecule has 0 atom stereocenters. The number of hydrogen-bond acceptors (Lipinski definition) is 4. The van der Waals surface area contributed by atoms with E-state index in [2.05, 4.69) is 36.1 Å². The summed E-state index contributed by atoms with van der Waals surface area (Å²) >= 11 is 0. The van der Waals surface area contributed by atoms with Crippen molar-refractivity contribution in [3.8, 4) is 0 Å². The van der Waals surface area contributed by atoms with Crippen LogP contribution in [-0.4, -0.2) is 78.4 Å². The van der Waals surface area contributed by atoms with Crippen molar-refractivity contribution in [1.82, 2.24) is 19.7 Å². The number of likely N-dealkylation sites (N-methyl/N-ethyl adjacent to an activating group) is 1. The van der Waals surface area contributed by atoms with Crippen LogP contribution in [0.2, 0.25) is 0 Å². The molecule has 2 fully saturated rings. The standard InChI is InChI=1S/C27H34F3N5O2/c1-19-15-22(27(28,29)30)31-16-21(19)34-18-25(35(24(34)37)17-23(36)32(2)3)11-13-26(14-12-25,33(4)5)20-9-7-6-8-10-20/h6-10,15-16H,11-14,17-18H2,1-5H3. The molecule has 1 aliphatic heterocycles. The third-order valence-corrected chi connectivity index (χ3v) is 8.12. The van der Waals surface area contributed by atoms with Gasteiger partial charge in [-0.1, -0.05) is 30.3 Å². The average molecular weight is 518 g/mol. The normalized spacial score (nSPS) is 24.3. The summed E-state index contributed by atoms with van der Waals surface area (Å²) in [5.74, 6) is -0.204. The Morgan fingerprint density at radius 1 is 1.05 bits per heavy atom. The van der Waals surface area contributed by atoms with Gasteiger partial charge in [-0.25, -0.2) is 9.78 Å². The van der Waals surface area contributed by atoms with Gasteiger partial charge in [0.15, 0.2) is 0 Å². The fourth-order valence-electron chi connectivity index (χ4n) is 5.78. The number of urea groups is 1. The van der Waals surface area contributed by atoms with E-state index in [1.165, 1.54) is 15.4 Å². The second kappa shape index (κ2) is 9.63. The van der Waals surface area contributed by atoms with Gasteiger partial charge in [-0.3, -0.25) is 14.6 Å². The van der Waals surface area contributed by atoms with Gasteiger partial charge in [0.2, 0.25) is 5.91 Å². The van der Waals surface area contributed by atoms with Crippen molar-refractivity contribution in [1.29, 1.82) is 0 Å². The van der Waals surface area contributed by atoms with Gasteiger partial charge in [0.05, 0.1) is 24.0 Å². The molecule has 7 nitrogen and oxygen atoms in total. The number of carbonyl (C=O) groups excluding carboxylic acids is 2. The molecule has 1 aliphatic carbocycles. The average Bonchev–Trinajstić information content (AvgIpc) is 3.10. The van der Waals surface area contributed by atoms with E-state index < -0.39 is 17.4 Å². The summed E-state index contributed by atoms with van der Waals surface area (Å²) in [5, 5.41) is 0. The highest BCUT2D eigenvalue weighted by Crippen LogP contribution is 2.49. The number of anilines is 1. The molecule has 200 valence electrons. The Hall–Kier alpha value is -3.14. The third kappa shape index (κ3) is 4.79. The van der Waals surface area contributed by atoms with Crippen molar-refractivity contribution in [2.24, 2.45) is 0 Å². The first-order chi connectivity index (χ1) is 17.3. The number of nitrogens with zero attached hydrogens (tertiary/aromatic N) is 5. The number of aromatic nitrogens is 1. The number of aryl methyl sites for hydroxylation is 1.